The molecule has 2 N–H and O–H groups in total. The van der Waals surface area contributed by atoms with Crippen molar-refractivity contribution < 1.29 is 24.9 Å². The number of carbonyl (C=O) groups is 1. The van der Waals surface area contributed by atoms with Crippen LogP contribution in [0.15, 0.2) is 48.5 Å². The molecular formula is C24H23ClFN5O2. The lowest BCUT2D eigenvalue weighted by atomic mass is 10.1. The Labute approximate surface area is 207 Å². The number of fused-ring (bicyclic) bond motifs is 1. The Morgan fingerprint density at radius 1 is 1.42 bits per heavy atom. The predicted octanol–water partition coefficient (Wildman–Crippen LogP) is 5.10. The van der Waals surface area contributed by atoms with Crippen molar-refractivity contribution in [2.75, 3.05) is 37.9 Å². The van der Waals surface area contributed by atoms with Gasteiger partial charge in [0.15, 0.2) is 0 Å². The molecule has 1 heterocycles. The Hall–Kier alpha value is -3.67. The van der Waals surface area contributed by atoms with Crippen LogP contribution in [0.2, 0.25) is 5.02 Å². The lowest BCUT2D eigenvalue weighted by Crippen LogP contribution is -2.13. The number of benzene rings is 2. The predicted molar refractivity (Wildman–Crippen MR) is 129 cm³/mol. The fourth-order valence-electron chi connectivity index (χ4n) is 2.56. The highest BCUT2D eigenvalue weighted by molar-refractivity contribution is 6.31. The van der Waals surface area contributed by atoms with Gasteiger partial charge in [0.25, 0.3) is 0 Å². The third-order valence-electron chi connectivity index (χ3n) is 3.94. The van der Waals surface area contributed by atoms with Gasteiger partial charge in [0.05, 0.1) is 45.1 Å². The first kappa shape index (κ1) is 15.2. The van der Waals surface area contributed by atoms with Crippen LogP contribution in [-0.2, 0) is 4.79 Å². The van der Waals surface area contributed by atoms with Crippen LogP contribution in [0.1, 0.15) is 23.5 Å². The van der Waals surface area contributed by atoms with Gasteiger partial charge in [0.2, 0.25) is 5.91 Å². The molecule has 2 aromatic carbocycles. The van der Waals surface area contributed by atoms with E-state index in [0.29, 0.717) is 0 Å². The van der Waals surface area contributed by atoms with Crippen LogP contribution in [0, 0.1) is 17.1 Å². The zero-order chi connectivity index (χ0) is 30.9. The normalized spacial score (nSPS) is 15.1. The van der Waals surface area contributed by atoms with Crippen molar-refractivity contribution in [3.63, 3.8) is 0 Å². The molecule has 0 aliphatic carbocycles. The molecule has 7 nitrogen and oxygen atoms in total. The molecule has 33 heavy (non-hydrogen) atoms. The SMILES string of the molecule is [2H]/C(CN(C)C)=C(/[2H])C(=O)Nc1c(OCC)c([2H])c2nc([2H])c(C#N)c(Nc3c([2H])c([2H])c(F)c(Cl)c3[2H])c2c1[2H]. The van der Waals surface area contributed by atoms with Gasteiger partial charge in [-0.1, -0.05) is 17.7 Å². The second-order valence-electron chi connectivity index (χ2n) is 6.69. The van der Waals surface area contributed by atoms with Crippen molar-refractivity contribution in [1.29, 1.82) is 5.26 Å². The van der Waals surface area contributed by atoms with Crippen molar-refractivity contribution in [1.82, 2.24) is 9.88 Å². The summed E-state index contributed by atoms with van der Waals surface area (Å²) in [5, 5.41) is 13.6. The summed E-state index contributed by atoms with van der Waals surface area (Å²) < 4.78 is 85.8. The number of hydrogen-bond acceptors (Lipinski definition) is 6. The van der Waals surface area contributed by atoms with Gasteiger partial charge in [-0.25, -0.2) is 4.39 Å². The summed E-state index contributed by atoms with van der Waals surface area (Å²) >= 11 is 5.84. The molecule has 3 aromatic rings. The molecule has 3 rings (SSSR count). The van der Waals surface area contributed by atoms with Gasteiger partial charge in [-0.3, -0.25) is 9.78 Å². The van der Waals surface area contributed by atoms with Gasteiger partial charge < -0.3 is 20.3 Å². The number of pyridine rings is 1. The Morgan fingerprint density at radius 2 is 2.21 bits per heavy atom. The highest BCUT2D eigenvalue weighted by Gasteiger charge is 2.15. The number of nitrogens with one attached hydrogen (secondary N) is 2. The Balaban J connectivity index is 2.40. The van der Waals surface area contributed by atoms with Gasteiger partial charge in [0.1, 0.15) is 17.6 Å². The summed E-state index contributed by atoms with van der Waals surface area (Å²) in [7, 11) is 3.28. The van der Waals surface area contributed by atoms with Crippen molar-refractivity contribution in [2.45, 2.75) is 6.92 Å². The summed E-state index contributed by atoms with van der Waals surface area (Å²) in [6, 6.07) is -2.89. The van der Waals surface area contributed by atoms with Crippen LogP contribution < -0.4 is 15.4 Å². The molecule has 0 aliphatic rings. The molecule has 0 aliphatic heterocycles. The summed E-state index contributed by atoms with van der Waals surface area (Å²) in [6.45, 7) is 1.52. The fourth-order valence-corrected chi connectivity index (χ4v) is 2.70. The minimum Gasteiger partial charge on any atom is -0.492 e. The molecule has 0 atom stereocenters. The van der Waals surface area contributed by atoms with E-state index in [1.807, 2.05) is 0 Å². The van der Waals surface area contributed by atoms with Crippen LogP contribution in [-0.4, -0.2) is 43.0 Å². The maximum Gasteiger partial charge on any atom is 0.248 e. The first-order valence-corrected chi connectivity index (χ1v) is 9.89. The third kappa shape index (κ3) is 5.98. The number of rotatable bonds is 8. The number of anilines is 3. The minimum absolute atomic E-state index is 0.0204. The highest BCUT2D eigenvalue weighted by Crippen LogP contribution is 2.36. The number of halogens is 2. The third-order valence-corrected chi connectivity index (χ3v) is 4.20. The van der Waals surface area contributed by atoms with Crippen molar-refractivity contribution in [3.8, 4) is 11.8 Å². The van der Waals surface area contributed by atoms with Crippen LogP contribution in [0.3, 0.4) is 0 Å². The minimum atomic E-state index is -1.31. The van der Waals surface area contributed by atoms with E-state index in [2.05, 4.69) is 15.6 Å². The number of hydrogen-bond donors (Lipinski definition) is 2. The van der Waals surface area contributed by atoms with E-state index >= 15 is 0 Å². The Bertz CT molecular complexity index is 1630. The van der Waals surface area contributed by atoms with E-state index in [1.54, 1.807) is 32.0 Å². The summed E-state index contributed by atoms with van der Waals surface area (Å²) in [5.74, 6) is -2.72. The van der Waals surface area contributed by atoms with E-state index < -0.39 is 76.1 Å². The largest absolute Gasteiger partial charge is 0.492 e. The van der Waals surface area contributed by atoms with E-state index in [9.17, 15) is 14.4 Å². The Morgan fingerprint density at radius 3 is 2.91 bits per heavy atom. The maximum absolute atomic E-state index is 14.2. The first-order chi connectivity index (χ1) is 19.2. The number of carbonyl (C=O) groups excluding carboxylic acids is 1. The maximum atomic E-state index is 14.2. The number of likely N-dealkylation sites (N-methyl/N-ethyl adjacent to an activating group) is 1. The molecule has 1 aromatic heterocycles. The zero-order valence-electron chi connectivity index (χ0n) is 25.8. The second-order valence-corrected chi connectivity index (χ2v) is 7.07. The summed E-state index contributed by atoms with van der Waals surface area (Å²) in [4.78, 5) is 18.4. The van der Waals surface area contributed by atoms with Crippen LogP contribution >= 0.6 is 11.6 Å². The fraction of sp³-hybridized carbons (Fsp3) is 0.208. The van der Waals surface area contributed by atoms with E-state index in [4.69, 9.17) is 27.3 Å². The van der Waals surface area contributed by atoms with Crippen LogP contribution in [0.5, 0.6) is 5.75 Å². The number of nitriles is 1. The molecule has 0 radical (unpaired) electrons. The standard InChI is InChI=1S/C24H23ClFN5O2/c1-4-33-22-12-20-17(11-21(22)30-23(32)6-5-9-31(2)3)24(15(13-27)14-28-20)29-16-7-8-19(26)18(25)10-16/h5-8,10-12,14H,4,9H2,1-3H3,(H,28,29)(H,30,32)/b6-5+/i5D,6D,7D,8D,10D,11D,12D,14D. The average Bonchev–Trinajstić information content (AvgIpc) is 2.92. The number of ether oxygens (including phenoxy) is 1. The summed E-state index contributed by atoms with van der Waals surface area (Å²) in [5.41, 5.74) is -2.12. The van der Waals surface area contributed by atoms with Gasteiger partial charge in [-0.15, -0.1) is 0 Å². The molecule has 0 bridgehead atoms. The van der Waals surface area contributed by atoms with E-state index in [-0.39, 0.29) is 41.5 Å². The zero-order valence-corrected chi connectivity index (χ0v) is 18.6. The Kier molecular flexibility index (Phi) is 4.97. The van der Waals surface area contributed by atoms with Gasteiger partial charge in [-0.05, 0) is 45.2 Å². The van der Waals surface area contributed by atoms with Crippen LogP contribution in [0.25, 0.3) is 10.9 Å². The first-order valence-electron chi connectivity index (χ1n) is 13.5. The van der Waals surface area contributed by atoms with Crippen molar-refractivity contribution in [3.05, 3.63) is 64.9 Å². The lowest BCUT2D eigenvalue weighted by Gasteiger charge is -2.16. The van der Waals surface area contributed by atoms with Crippen molar-refractivity contribution >= 4 is 45.5 Å². The van der Waals surface area contributed by atoms with Crippen molar-refractivity contribution in [2.24, 2.45) is 0 Å². The molecule has 1 amide bonds. The van der Waals surface area contributed by atoms with Gasteiger partial charge >= 0.3 is 0 Å². The number of aromatic nitrogens is 1. The second kappa shape index (κ2) is 10.8. The van der Waals surface area contributed by atoms with Gasteiger partial charge in [0, 0.05) is 35.9 Å². The molecule has 0 fully saturated rings. The quantitative estimate of drug-likeness (QED) is 0.440. The molecule has 0 unspecified atom stereocenters. The molecule has 0 saturated heterocycles. The molecule has 0 spiro atoms. The molecule has 9 heteroatoms. The average molecular weight is 476 g/mol. The van der Waals surface area contributed by atoms with Gasteiger partial charge in [-0.2, -0.15) is 5.26 Å². The van der Waals surface area contributed by atoms with Crippen LogP contribution in [0.4, 0.5) is 21.5 Å². The number of amides is 1. The monoisotopic (exact) mass is 475 g/mol. The van der Waals surface area contributed by atoms with E-state index in [1.165, 1.54) is 0 Å². The molecule has 0 saturated carbocycles. The molecular weight excluding hydrogens is 445 g/mol. The van der Waals surface area contributed by atoms with E-state index in [0.717, 1.165) is 0 Å². The summed E-state index contributed by atoms with van der Waals surface area (Å²) in [6.07, 6.45) is -0.647. The topological polar surface area (TPSA) is 90.3 Å². The molecule has 170 valence electrons. The lowest BCUT2D eigenvalue weighted by molar-refractivity contribution is -0.111. The smallest absolute Gasteiger partial charge is 0.248 e. The highest BCUT2D eigenvalue weighted by atomic mass is 35.5. The number of nitrogens with zero attached hydrogens (tertiary/aromatic N) is 3.